The number of hydrogen-bond acceptors (Lipinski definition) is 4. The van der Waals surface area contributed by atoms with Gasteiger partial charge >= 0.3 is 5.97 Å². The van der Waals surface area contributed by atoms with Crippen LogP contribution in [0.4, 0.5) is 0 Å². The number of carboxylic acid groups (broad SMARTS) is 1. The third-order valence-corrected chi connectivity index (χ3v) is 2.93. The zero-order valence-electron chi connectivity index (χ0n) is 9.89. The van der Waals surface area contributed by atoms with E-state index in [4.69, 9.17) is 15.9 Å². The van der Waals surface area contributed by atoms with Gasteiger partial charge in [-0.25, -0.2) is 0 Å². The first-order valence-electron chi connectivity index (χ1n) is 5.72. The maximum absolute atomic E-state index is 11.3. The van der Waals surface area contributed by atoms with Crippen molar-refractivity contribution < 1.29 is 24.9 Å². The molecular weight excluding hydrogens is 226 g/mol. The van der Waals surface area contributed by atoms with E-state index in [0.29, 0.717) is 12.8 Å². The van der Waals surface area contributed by atoms with Crippen LogP contribution in [0.5, 0.6) is 0 Å². The summed E-state index contributed by atoms with van der Waals surface area (Å²) in [6.07, 6.45) is 1.44. The van der Waals surface area contributed by atoms with Crippen LogP contribution in [0.3, 0.4) is 0 Å². The second-order valence-electron chi connectivity index (χ2n) is 4.21. The lowest BCUT2D eigenvalue weighted by molar-refractivity contribution is -0.151. The zero-order chi connectivity index (χ0) is 13.3. The Balaban J connectivity index is 4.68. The Morgan fingerprint density at radius 3 is 1.76 bits per heavy atom. The van der Waals surface area contributed by atoms with Gasteiger partial charge in [-0.1, -0.05) is 0 Å². The number of aliphatic hydroxyl groups excluding tert-OH is 2. The highest BCUT2D eigenvalue weighted by Gasteiger charge is 2.37. The minimum Gasteiger partial charge on any atom is -0.481 e. The largest absolute Gasteiger partial charge is 0.481 e. The summed E-state index contributed by atoms with van der Waals surface area (Å²) in [5.74, 6) is -1.54. The Hall–Kier alpha value is -1.14. The predicted molar refractivity (Wildman–Crippen MR) is 61.1 cm³/mol. The van der Waals surface area contributed by atoms with Gasteiger partial charge in [0, 0.05) is 19.6 Å². The number of primary amides is 1. The lowest BCUT2D eigenvalue weighted by atomic mass is 9.75. The van der Waals surface area contributed by atoms with Crippen molar-refractivity contribution in [3.05, 3.63) is 0 Å². The van der Waals surface area contributed by atoms with E-state index in [-0.39, 0.29) is 38.9 Å². The van der Waals surface area contributed by atoms with Crippen LogP contribution in [0.25, 0.3) is 0 Å². The van der Waals surface area contributed by atoms with Gasteiger partial charge in [-0.15, -0.1) is 0 Å². The summed E-state index contributed by atoms with van der Waals surface area (Å²) < 4.78 is 0. The Morgan fingerprint density at radius 1 is 1.00 bits per heavy atom. The molecule has 0 aromatic carbocycles. The monoisotopic (exact) mass is 247 g/mol. The van der Waals surface area contributed by atoms with Crippen molar-refractivity contribution in [2.24, 2.45) is 11.1 Å². The smallest absolute Gasteiger partial charge is 0.309 e. The van der Waals surface area contributed by atoms with E-state index in [1.807, 2.05) is 0 Å². The topological polar surface area (TPSA) is 121 Å². The van der Waals surface area contributed by atoms with Crippen molar-refractivity contribution in [1.82, 2.24) is 0 Å². The van der Waals surface area contributed by atoms with E-state index < -0.39 is 17.3 Å². The quantitative estimate of drug-likeness (QED) is 0.428. The van der Waals surface area contributed by atoms with Crippen molar-refractivity contribution in [2.75, 3.05) is 13.2 Å². The lowest BCUT2D eigenvalue weighted by Gasteiger charge is -2.28. The molecule has 0 fully saturated rings. The zero-order valence-corrected chi connectivity index (χ0v) is 9.89. The summed E-state index contributed by atoms with van der Waals surface area (Å²) in [5, 5.41) is 26.8. The van der Waals surface area contributed by atoms with Gasteiger partial charge in [-0.3, -0.25) is 9.59 Å². The number of carbonyl (C=O) groups excluding carboxylic acids is 1. The number of carboxylic acids is 1. The van der Waals surface area contributed by atoms with Gasteiger partial charge in [-0.2, -0.15) is 0 Å². The van der Waals surface area contributed by atoms with Crippen LogP contribution < -0.4 is 5.73 Å². The summed E-state index contributed by atoms with van der Waals surface area (Å²) in [4.78, 5) is 22.1. The molecule has 0 aromatic rings. The van der Waals surface area contributed by atoms with Crippen LogP contribution in [-0.2, 0) is 9.59 Å². The molecule has 1 amide bonds. The SMILES string of the molecule is NC(=O)CCC(CCCO)(CCCO)C(=O)O. The molecule has 0 saturated carbocycles. The molecule has 0 atom stereocenters. The third kappa shape index (κ3) is 5.65. The number of amides is 1. The van der Waals surface area contributed by atoms with Crippen molar-refractivity contribution >= 4 is 11.9 Å². The molecule has 0 aliphatic heterocycles. The number of rotatable bonds is 10. The van der Waals surface area contributed by atoms with Gasteiger partial charge in [0.2, 0.25) is 5.91 Å². The number of nitrogens with two attached hydrogens (primary N) is 1. The van der Waals surface area contributed by atoms with Gasteiger partial charge in [0.15, 0.2) is 0 Å². The molecule has 0 spiro atoms. The van der Waals surface area contributed by atoms with Crippen molar-refractivity contribution in [2.45, 2.75) is 38.5 Å². The minimum absolute atomic E-state index is 0.00313. The molecule has 6 heteroatoms. The average molecular weight is 247 g/mol. The first-order chi connectivity index (χ1) is 7.98. The first kappa shape index (κ1) is 15.9. The van der Waals surface area contributed by atoms with Crippen molar-refractivity contribution in [3.63, 3.8) is 0 Å². The van der Waals surface area contributed by atoms with Gasteiger partial charge in [-0.05, 0) is 32.1 Å². The molecule has 0 aliphatic carbocycles. The van der Waals surface area contributed by atoms with E-state index in [1.165, 1.54) is 0 Å². The summed E-state index contributed by atoms with van der Waals surface area (Å²) >= 11 is 0. The third-order valence-electron chi connectivity index (χ3n) is 2.93. The minimum atomic E-state index is -1.07. The van der Waals surface area contributed by atoms with Crippen LogP contribution in [0.2, 0.25) is 0 Å². The summed E-state index contributed by atoms with van der Waals surface area (Å²) in [6, 6.07) is 0. The Morgan fingerprint density at radius 2 is 1.47 bits per heavy atom. The van der Waals surface area contributed by atoms with E-state index >= 15 is 0 Å². The van der Waals surface area contributed by atoms with E-state index in [0.717, 1.165) is 0 Å². The van der Waals surface area contributed by atoms with Crippen LogP contribution in [-0.4, -0.2) is 40.4 Å². The van der Waals surface area contributed by atoms with Crippen molar-refractivity contribution in [3.8, 4) is 0 Å². The normalized spacial score (nSPS) is 11.4. The molecule has 0 radical (unpaired) electrons. The second-order valence-corrected chi connectivity index (χ2v) is 4.21. The molecule has 0 aromatic heterocycles. The van der Waals surface area contributed by atoms with Crippen LogP contribution in [0, 0.1) is 5.41 Å². The van der Waals surface area contributed by atoms with Gasteiger partial charge in [0.25, 0.3) is 0 Å². The second kappa shape index (κ2) is 8.03. The molecule has 17 heavy (non-hydrogen) atoms. The molecule has 0 unspecified atom stereocenters. The Bertz CT molecular complexity index is 246. The van der Waals surface area contributed by atoms with Crippen LogP contribution in [0.1, 0.15) is 38.5 Å². The number of aliphatic hydroxyl groups is 2. The molecule has 0 heterocycles. The fourth-order valence-corrected chi connectivity index (χ4v) is 1.89. The molecule has 0 rings (SSSR count). The Kier molecular flexibility index (Phi) is 7.49. The van der Waals surface area contributed by atoms with Gasteiger partial charge in [0.1, 0.15) is 0 Å². The van der Waals surface area contributed by atoms with Crippen LogP contribution in [0.15, 0.2) is 0 Å². The van der Waals surface area contributed by atoms with Crippen LogP contribution >= 0.6 is 0 Å². The molecule has 0 saturated heterocycles. The number of carbonyl (C=O) groups is 2. The highest BCUT2D eigenvalue weighted by molar-refractivity contribution is 5.77. The summed E-state index contributed by atoms with van der Waals surface area (Å²) in [6.45, 7) is -0.185. The summed E-state index contributed by atoms with van der Waals surface area (Å²) in [7, 11) is 0. The fraction of sp³-hybridized carbons (Fsp3) is 0.818. The Labute approximate surface area is 100 Å². The van der Waals surface area contributed by atoms with E-state index in [2.05, 4.69) is 0 Å². The maximum Gasteiger partial charge on any atom is 0.309 e. The lowest BCUT2D eigenvalue weighted by Crippen LogP contribution is -2.33. The summed E-state index contributed by atoms with van der Waals surface area (Å²) in [5.41, 5.74) is 3.96. The van der Waals surface area contributed by atoms with Crippen molar-refractivity contribution in [1.29, 1.82) is 0 Å². The molecule has 0 bridgehead atoms. The molecule has 0 aliphatic rings. The fourth-order valence-electron chi connectivity index (χ4n) is 1.89. The molecule has 5 N–H and O–H groups in total. The first-order valence-corrected chi connectivity index (χ1v) is 5.72. The highest BCUT2D eigenvalue weighted by atomic mass is 16.4. The standard InChI is InChI=1S/C11H21NO5/c12-9(15)3-6-11(10(16)17,4-1-7-13)5-2-8-14/h13-14H,1-8H2,(H2,12,15)(H,16,17). The molecule has 100 valence electrons. The number of hydrogen-bond donors (Lipinski definition) is 4. The van der Waals surface area contributed by atoms with Gasteiger partial charge in [0.05, 0.1) is 5.41 Å². The molecule has 6 nitrogen and oxygen atoms in total. The van der Waals surface area contributed by atoms with E-state index in [9.17, 15) is 14.7 Å². The van der Waals surface area contributed by atoms with Gasteiger partial charge < -0.3 is 21.1 Å². The maximum atomic E-state index is 11.3. The average Bonchev–Trinajstić information content (AvgIpc) is 2.28. The predicted octanol–water partition coefficient (Wildman–Crippen LogP) is -0.132. The number of aliphatic carboxylic acids is 1. The highest BCUT2D eigenvalue weighted by Crippen LogP contribution is 2.35. The van der Waals surface area contributed by atoms with E-state index in [1.54, 1.807) is 0 Å². The molecular formula is C11H21NO5.